The highest BCUT2D eigenvalue weighted by Gasteiger charge is 2.21. The molecule has 0 N–H and O–H groups in total. The molecule has 0 radical (unpaired) electrons. The van der Waals surface area contributed by atoms with Gasteiger partial charge in [-0.1, -0.05) is 32.9 Å². The molecule has 0 saturated heterocycles. The summed E-state index contributed by atoms with van der Waals surface area (Å²) in [5, 5.41) is 0. The van der Waals surface area contributed by atoms with Gasteiger partial charge in [0.15, 0.2) is 9.84 Å². The molecule has 1 rings (SSSR count). The smallest absolute Gasteiger partial charge is 0.177 e. The van der Waals surface area contributed by atoms with Gasteiger partial charge in [0.25, 0.3) is 0 Å². The Morgan fingerprint density at radius 3 is 2.46 bits per heavy atom. The summed E-state index contributed by atoms with van der Waals surface area (Å²) in [6, 6.07) is 0. The van der Waals surface area contributed by atoms with Crippen LogP contribution in [0, 0.1) is 5.41 Å². The highest BCUT2D eigenvalue weighted by atomic mass is 32.2. The third kappa shape index (κ3) is 2.44. The van der Waals surface area contributed by atoms with E-state index >= 15 is 0 Å². The minimum Gasteiger partial charge on any atom is -0.224 e. The van der Waals surface area contributed by atoms with Gasteiger partial charge in [0, 0.05) is 0 Å². The van der Waals surface area contributed by atoms with Crippen molar-refractivity contribution >= 4 is 9.84 Å². The van der Waals surface area contributed by atoms with E-state index in [1.54, 1.807) is 13.0 Å². The van der Waals surface area contributed by atoms with Gasteiger partial charge in [-0.05, 0) is 17.9 Å². The zero-order valence-corrected chi connectivity index (χ0v) is 9.19. The lowest BCUT2D eigenvalue weighted by Crippen LogP contribution is -2.13. The monoisotopic (exact) mass is 200 g/mol. The quantitative estimate of drug-likeness (QED) is 0.685. The minimum atomic E-state index is -3.00. The summed E-state index contributed by atoms with van der Waals surface area (Å²) in [5.74, 6) is 0.184. The average molecular weight is 200 g/mol. The first-order valence-electron chi connectivity index (χ1n) is 4.49. The second-order valence-electron chi connectivity index (χ2n) is 4.04. The average Bonchev–Trinajstić information content (AvgIpc) is 2.04. The predicted octanol–water partition coefficient (Wildman–Crippen LogP) is 2.29. The molecular formula is C10H16O2S. The van der Waals surface area contributed by atoms with Crippen molar-refractivity contribution in [2.24, 2.45) is 5.41 Å². The molecule has 3 heteroatoms. The van der Waals surface area contributed by atoms with Crippen LogP contribution in [0.15, 0.2) is 23.1 Å². The highest BCUT2D eigenvalue weighted by molar-refractivity contribution is 7.95. The molecule has 74 valence electrons. The SMILES string of the molecule is CCS(=O)(=O)C1=CCC(C)(C)C=C1. The van der Waals surface area contributed by atoms with Crippen LogP contribution < -0.4 is 0 Å². The number of allylic oxidation sites excluding steroid dienone is 3. The van der Waals surface area contributed by atoms with Gasteiger partial charge in [0.2, 0.25) is 0 Å². The summed E-state index contributed by atoms with van der Waals surface area (Å²) in [5.41, 5.74) is 0.104. The van der Waals surface area contributed by atoms with Crippen molar-refractivity contribution in [2.75, 3.05) is 5.75 Å². The Bertz CT molecular complexity index is 345. The van der Waals surface area contributed by atoms with Crippen LogP contribution >= 0.6 is 0 Å². The van der Waals surface area contributed by atoms with Crippen LogP contribution in [0.4, 0.5) is 0 Å². The maximum absolute atomic E-state index is 11.4. The van der Waals surface area contributed by atoms with E-state index in [-0.39, 0.29) is 11.2 Å². The standard InChI is InChI=1S/C10H16O2S/c1-4-13(11,12)9-5-7-10(2,3)8-6-9/h5-7H,4,8H2,1-3H3. The summed E-state index contributed by atoms with van der Waals surface area (Å²) in [4.78, 5) is 0.481. The molecule has 0 heterocycles. The first kappa shape index (κ1) is 10.5. The van der Waals surface area contributed by atoms with E-state index in [2.05, 4.69) is 13.8 Å². The Hall–Kier alpha value is -0.570. The summed E-state index contributed by atoms with van der Waals surface area (Å²) >= 11 is 0. The zero-order chi connectivity index (χ0) is 10.1. The third-order valence-electron chi connectivity index (χ3n) is 2.27. The fourth-order valence-electron chi connectivity index (χ4n) is 1.20. The van der Waals surface area contributed by atoms with Gasteiger partial charge in [-0.25, -0.2) is 8.42 Å². The van der Waals surface area contributed by atoms with Crippen LogP contribution in [0.25, 0.3) is 0 Å². The molecule has 0 aliphatic heterocycles. The van der Waals surface area contributed by atoms with Gasteiger partial charge in [0.1, 0.15) is 0 Å². The van der Waals surface area contributed by atoms with E-state index in [9.17, 15) is 8.42 Å². The van der Waals surface area contributed by atoms with Crippen molar-refractivity contribution in [2.45, 2.75) is 27.2 Å². The lowest BCUT2D eigenvalue weighted by atomic mass is 9.86. The van der Waals surface area contributed by atoms with E-state index in [1.807, 2.05) is 12.2 Å². The molecule has 0 bridgehead atoms. The summed E-state index contributed by atoms with van der Waals surface area (Å²) in [6.07, 6.45) is 6.31. The molecule has 1 aliphatic rings. The van der Waals surface area contributed by atoms with Crippen molar-refractivity contribution in [3.05, 3.63) is 23.1 Å². The molecule has 0 unspecified atom stereocenters. The second kappa shape index (κ2) is 3.29. The Kier molecular flexibility index (Phi) is 2.66. The van der Waals surface area contributed by atoms with Crippen LogP contribution in [0.2, 0.25) is 0 Å². The van der Waals surface area contributed by atoms with E-state index in [0.29, 0.717) is 4.91 Å². The molecule has 2 nitrogen and oxygen atoms in total. The first-order chi connectivity index (χ1) is 5.87. The number of sulfone groups is 1. The molecular weight excluding hydrogens is 184 g/mol. The van der Waals surface area contributed by atoms with E-state index in [1.165, 1.54) is 0 Å². The number of hydrogen-bond donors (Lipinski definition) is 0. The lowest BCUT2D eigenvalue weighted by Gasteiger charge is -2.22. The summed E-state index contributed by atoms with van der Waals surface area (Å²) in [6.45, 7) is 5.86. The van der Waals surface area contributed by atoms with Crippen molar-refractivity contribution in [1.29, 1.82) is 0 Å². The first-order valence-corrected chi connectivity index (χ1v) is 6.15. The van der Waals surface area contributed by atoms with Crippen LogP contribution in [-0.4, -0.2) is 14.2 Å². The van der Waals surface area contributed by atoms with E-state index in [4.69, 9.17) is 0 Å². The molecule has 0 atom stereocenters. The number of rotatable bonds is 2. The Morgan fingerprint density at radius 2 is 2.08 bits per heavy atom. The van der Waals surface area contributed by atoms with Gasteiger partial charge in [-0.2, -0.15) is 0 Å². The molecule has 13 heavy (non-hydrogen) atoms. The molecule has 0 spiro atoms. The fraction of sp³-hybridized carbons (Fsp3) is 0.600. The van der Waals surface area contributed by atoms with E-state index in [0.717, 1.165) is 6.42 Å². The normalized spacial score (nSPS) is 21.3. The maximum atomic E-state index is 11.4. The lowest BCUT2D eigenvalue weighted by molar-refractivity contribution is 0.483. The molecule has 0 amide bonds. The van der Waals surface area contributed by atoms with Crippen molar-refractivity contribution in [3.63, 3.8) is 0 Å². The van der Waals surface area contributed by atoms with Crippen LogP contribution in [-0.2, 0) is 9.84 Å². The van der Waals surface area contributed by atoms with Crippen LogP contribution in [0.5, 0.6) is 0 Å². The largest absolute Gasteiger partial charge is 0.224 e. The maximum Gasteiger partial charge on any atom is 0.177 e. The number of hydrogen-bond acceptors (Lipinski definition) is 2. The van der Waals surface area contributed by atoms with Crippen molar-refractivity contribution in [3.8, 4) is 0 Å². The predicted molar refractivity (Wildman–Crippen MR) is 55.1 cm³/mol. The fourth-order valence-corrected chi connectivity index (χ4v) is 2.15. The highest BCUT2D eigenvalue weighted by Crippen LogP contribution is 2.29. The molecule has 1 aliphatic carbocycles. The van der Waals surface area contributed by atoms with E-state index < -0.39 is 9.84 Å². The Balaban J connectivity index is 2.92. The minimum absolute atomic E-state index is 0.104. The van der Waals surface area contributed by atoms with Gasteiger partial charge < -0.3 is 0 Å². The molecule has 0 aromatic heterocycles. The van der Waals surface area contributed by atoms with Gasteiger partial charge in [-0.3, -0.25) is 0 Å². The molecule has 0 fully saturated rings. The molecule has 0 aromatic carbocycles. The van der Waals surface area contributed by atoms with Gasteiger partial charge in [-0.15, -0.1) is 0 Å². The Labute approximate surface area is 80.3 Å². The Morgan fingerprint density at radius 1 is 1.46 bits per heavy atom. The second-order valence-corrected chi connectivity index (χ2v) is 6.31. The van der Waals surface area contributed by atoms with Gasteiger partial charge in [0.05, 0.1) is 10.7 Å². The molecule has 0 saturated carbocycles. The van der Waals surface area contributed by atoms with Crippen molar-refractivity contribution in [1.82, 2.24) is 0 Å². The van der Waals surface area contributed by atoms with Gasteiger partial charge >= 0.3 is 0 Å². The van der Waals surface area contributed by atoms with Crippen molar-refractivity contribution < 1.29 is 8.42 Å². The summed E-state index contributed by atoms with van der Waals surface area (Å²) < 4.78 is 22.9. The third-order valence-corrected chi connectivity index (χ3v) is 4.05. The van der Waals surface area contributed by atoms with Crippen LogP contribution in [0.3, 0.4) is 0 Å². The topological polar surface area (TPSA) is 34.1 Å². The summed E-state index contributed by atoms with van der Waals surface area (Å²) in [7, 11) is -3.00. The molecule has 0 aromatic rings. The zero-order valence-electron chi connectivity index (χ0n) is 8.37. The van der Waals surface area contributed by atoms with Crippen LogP contribution in [0.1, 0.15) is 27.2 Å².